The molecule has 0 aliphatic heterocycles. The fourth-order valence-electron chi connectivity index (χ4n) is 1.84. The molecule has 0 unspecified atom stereocenters. The van der Waals surface area contributed by atoms with Crippen LogP contribution in [0.3, 0.4) is 0 Å². The minimum Gasteiger partial charge on any atom is -0.507 e. The largest absolute Gasteiger partial charge is 0.507 e. The van der Waals surface area contributed by atoms with Crippen LogP contribution < -0.4 is 0 Å². The average molecular weight is 230 g/mol. The van der Waals surface area contributed by atoms with Crippen LogP contribution in [0, 0.1) is 0 Å². The summed E-state index contributed by atoms with van der Waals surface area (Å²) in [4.78, 5) is 12.1. The molecule has 1 aliphatic carbocycles. The molecule has 1 aromatic carbocycles. The van der Waals surface area contributed by atoms with Crippen molar-refractivity contribution in [3.63, 3.8) is 0 Å². The van der Waals surface area contributed by atoms with Crippen LogP contribution in [-0.4, -0.2) is 18.0 Å². The minimum absolute atomic E-state index is 0.0157. The van der Waals surface area contributed by atoms with E-state index < -0.39 is 0 Å². The van der Waals surface area contributed by atoms with Crippen molar-refractivity contribution >= 4 is 5.78 Å². The standard InChI is InChI=1S/C14H14O3/c1-17-11-7-8-12(13(15)9-11)14(16)10-5-3-2-4-6-10/h2-6,9,15H,7-8H2,1H3. The van der Waals surface area contributed by atoms with Crippen LogP contribution in [0.4, 0.5) is 0 Å². The van der Waals surface area contributed by atoms with E-state index in [1.807, 2.05) is 18.2 Å². The van der Waals surface area contributed by atoms with Crippen molar-refractivity contribution in [2.45, 2.75) is 12.8 Å². The van der Waals surface area contributed by atoms with Crippen LogP contribution in [0.5, 0.6) is 0 Å². The van der Waals surface area contributed by atoms with E-state index in [9.17, 15) is 9.90 Å². The molecular formula is C14H14O3. The molecule has 0 bridgehead atoms. The first-order chi connectivity index (χ1) is 8.22. The Morgan fingerprint density at radius 3 is 2.53 bits per heavy atom. The predicted molar refractivity (Wildman–Crippen MR) is 64.8 cm³/mol. The highest BCUT2D eigenvalue weighted by atomic mass is 16.5. The molecule has 0 saturated heterocycles. The lowest BCUT2D eigenvalue weighted by Gasteiger charge is -2.15. The van der Waals surface area contributed by atoms with Gasteiger partial charge in [0.1, 0.15) is 5.76 Å². The topological polar surface area (TPSA) is 46.5 Å². The highest BCUT2D eigenvalue weighted by Crippen LogP contribution is 2.25. The SMILES string of the molecule is COC1=CC(O)=C(C(=O)c2ccccc2)CC1. The lowest BCUT2D eigenvalue weighted by atomic mass is 9.94. The summed E-state index contributed by atoms with van der Waals surface area (Å²) in [5, 5.41) is 9.80. The fraction of sp³-hybridized carbons (Fsp3) is 0.214. The van der Waals surface area contributed by atoms with Crippen molar-refractivity contribution in [3.05, 3.63) is 59.1 Å². The molecule has 0 fully saturated rings. The average Bonchev–Trinajstić information content (AvgIpc) is 2.39. The summed E-state index contributed by atoms with van der Waals surface area (Å²) >= 11 is 0. The normalized spacial score (nSPS) is 15.5. The van der Waals surface area contributed by atoms with Gasteiger partial charge in [0.05, 0.1) is 12.9 Å². The van der Waals surface area contributed by atoms with E-state index >= 15 is 0 Å². The Labute approximate surface area is 100 Å². The maximum atomic E-state index is 12.1. The van der Waals surface area contributed by atoms with Gasteiger partial charge >= 0.3 is 0 Å². The Hall–Kier alpha value is -2.03. The molecule has 17 heavy (non-hydrogen) atoms. The third-order valence-electron chi connectivity index (χ3n) is 2.80. The lowest BCUT2D eigenvalue weighted by molar-refractivity contribution is 0.102. The molecule has 0 atom stereocenters. The van der Waals surface area contributed by atoms with E-state index in [0.717, 1.165) is 0 Å². The quantitative estimate of drug-likeness (QED) is 0.812. The number of hydrogen-bond acceptors (Lipinski definition) is 3. The minimum atomic E-state index is -0.116. The fourth-order valence-corrected chi connectivity index (χ4v) is 1.84. The van der Waals surface area contributed by atoms with Crippen LogP contribution >= 0.6 is 0 Å². The van der Waals surface area contributed by atoms with Gasteiger partial charge in [-0.3, -0.25) is 4.79 Å². The molecule has 0 heterocycles. The molecular weight excluding hydrogens is 216 g/mol. The molecule has 1 aliphatic rings. The van der Waals surface area contributed by atoms with Crippen LogP contribution in [0.15, 0.2) is 53.5 Å². The zero-order chi connectivity index (χ0) is 12.3. The maximum Gasteiger partial charge on any atom is 0.192 e. The van der Waals surface area contributed by atoms with Crippen LogP contribution in [0.2, 0.25) is 0 Å². The maximum absolute atomic E-state index is 12.1. The molecule has 0 saturated carbocycles. The van der Waals surface area contributed by atoms with Gasteiger partial charge in [-0.25, -0.2) is 0 Å². The van der Waals surface area contributed by atoms with Crippen molar-refractivity contribution in [1.29, 1.82) is 0 Å². The van der Waals surface area contributed by atoms with Crippen LogP contribution in [-0.2, 0) is 4.74 Å². The molecule has 1 aromatic rings. The number of ketones is 1. The van der Waals surface area contributed by atoms with Gasteiger partial charge in [0.2, 0.25) is 0 Å². The molecule has 2 rings (SSSR count). The summed E-state index contributed by atoms with van der Waals surface area (Å²) in [6, 6.07) is 8.97. The number of methoxy groups -OCH3 is 1. The second-order valence-electron chi connectivity index (χ2n) is 3.87. The van der Waals surface area contributed by atoms with Gasteiger partial charge < -0.3 is 9.84 Å². The third-order valence-corrected chi connectivity index (χ3v) is 2.80. The number of carbonyl (C=O) groups is 1. The first kappa shape index (κ1) is 11.5. The summed E-state index contributed by atoms with van der Waals surface area (Å²) < 4.78 is 5.05. The van der Waals surface area contributed by atoms with Gasteiger partial charge in [-0.15, -0.1) is 0 Å². The lowest BCUT2D eigenvalue weighted by Crippen LogP contribution is -2.10. The van der Waals surface area contributed by atoms with E-state index in [4.69, 9.17) is 4.74 Å². The molecule has 3 nitrogen and oxygen atoms in total. The van der Waals surface area contributed by atoms with Crippen molar-refractivity contribution in [2.24, 2.45) is 0 Å². The Balaban J connectivity index is 2.30. The van der Waals surface area contributed by atoms with Crippen LogP contribution in [0.25, 0.3) is 0 Å². The number of aliphatic hydroxyl groups is 1. The molecule has 3 heteroatoms. The van der Waals surface area contributed by atoms with E-state index in [2.05, 4.69) is 0 Å². The highest BCUT2D eigenvalue weighted by molar-refractivity contribution is 6.09. The van der Waals surface area contributed by atoms with Gasteiger partial charge in [-0.1, -0.05) is 30.3 Å². The van der Waals surface area contributed by atoms with Gasteiger partial charge in [-0.2, -0.15) is 0 Å². The monoisotopic (exact) mass is 230 g/mol. The number of allylic oxidation sites excluding steroid dienone is 3. The van der Waals surface area contributed by atoms with E-state index in [0.29, 0.717) is 29.7 Å². The van der Waals surface area contributed by atoms with Crippen molar-refractivity contribution < 1.29 is 14.6 Å². The third kappa shape index (κ3) is 2.38. The Bertz CT molecular complexity index is 483. The van der Waals surface area contributed by atoms with Crippen molar-refractivity contribution in [2.75, 3.05) is 7.11 Å². The molecule has 0 radical (unpaired) electrons. The highest BCUT2D eigenvalue weighted by Gasteiger charge is 2.20. The number of Topliss-reactive ketones (excluding diaryl/α,β-unsaturated/α-hetero) is 1. The summed E-state index contributed by atoms with van der Waals surface area (Å²) in [6.07, 6.45) is 2.67. The zero-order valence-electron chi connectivity index (χ0n) is 9.64. The van der Waals surface area contributed by atoms with Crippen molar-refractivity contribution in [1.82, 2.24) is 0 Å². The Morgan fingerprint density at radius 1 is 1.24 bits per heavy atom. The smallest absolute Gasteiger partial charge is 0.192 e. The van der Waals surface area contributed by atoms with Crippen molar-refractivity contribution in [3.8, 4) is 0 Å². The molecule has 0 amide bonds. The number of aliphatic hydroxyl groups excluding tert-OH is 1. The zero-order valence-corrected chi connectivity index (χ0v) is 9.64. The van der Waals surface area contributed by atoms with E-state index in [1.54, 1.807) is 19.2 Å². The molecule has 88 valence electrons. The first-order valence-corrected chi connectivity index (χ1v) is 5.49. The first-order valence-electron chi connectivity index (χ1n) is 5.49. The van der Waals surface area contributed by atoms with E-state index in [-0.39, 0.29) is 11.5 Å². The summed E-state index contributed by atoms with van der Waals surface area (Å²) in [7, 11) is 1.56. The van der Waals surface area contributed by atoms with Gasteiger partial charge in [0, 0.05) is 23.6 Å². The Kier molecular flexibility index (Phi) is 3.28. The van der Waals surface area contributed by atoms with Crippen LogP contribution in [0.1, 0.15) is 23.2 Å². The van der Waals surface area contributed by atoms with Gasteiger partial charge in [-0.05, 0) is 6.42 Å². The molecule has 0 spiro atoms. The van der Waals surface area contributed by atoms with Gasteiger partial charge in [0.25, 0.3) is 0 Å². The van der Waals surface area contributed by atoms with E-state index in [1.165, 1.54) is 6.08 Å². The predicted octanol–water partition coefficient (Wildman–Crippen LogP) is 3.01. The molecule has 0 aromatic heterocycles. The summed E-state index contributed by atoms with van der Waals surface area (Å²) in [5.41, 5.74) is 1.06. The summed E-state index contributed by atoms with van der Waals surface area (Å²) in [6.45, 7) is 0. The molecule has 1 N–H and O–H groups in total. The second-order valence-corrected chi connectivity index (χ2v) is 3.87. The Morgan fingerprint density at radius 2 is 1.94 bits per heavy atom. The number of hydrogen-bond donors (Lipinski definition) is 1. The number of rotatable bonds is 3. The number of ether oxygens (including phenoxy) is 1. The summed E-state index contributed by atoms with van der Waals surface area (Å²) in [5.74, 6) is 0.601. The van der Waals surface area contributed by atoms with Gasteiger partial charge in [0.15, 0.2) is 5.78 Å². The number of benzene rings is 1. The number of carbonyl (C=O) groups excluding carboxylic acids is 1. The second kappa shape index (κ2) is 4.87.